The Morgan fingerprint density at radius 1 is 0.579 bits per heavy atom. The van der Waals surface area contributed by atoms with Crippen molar-refractivity contribution in [3.8, 4) is 0 Å². The van der Waals surface area contributed by atoms with Crippen LogP contribution in [0.1, 0.15) is 168 Å². The van der Waals surface area contributed by atoms with Gasteiger partial charge in [0.05, 0.1) is 6.61 Å². The molecule has 0 aromatic heterocycles. The minimum absolute atomic E-state index is 0.0654. The van der Waals surface area contributed by atoms with Gasteiger partial charge in [-0.1, -0.05) is 129 Å². The van der Waals surface area contributed by atoms with Crippen LogP contribution < -0.4 is 0 Å². The molecule has 0 saturated heterocycles. The van der Waals surface area contributed by atoms with Crippen molar-refractivity contribution in [2.45, 2.75) is 174 Å². The van der Waals surface area contributed by atoms with Gasteiger partial charge in [0, 0.05) is 12.8 Å². The fourth-order valence-electron chi connectivity index (χ4n) is 4.55. The fourth-order valence-corrected chi connectivity index (χ4v) is 4.55. The molecule has 0 aliphatic heterocycles. The summed E-state index contributed by atoms with van der Waals surface area (Å²) in [5.41, 5.74) is 0. The highest BCUT2D eigenvalue weighted by molar-refractivity contribution is 5.70. The highest BCUT2D eigenvalue weighted by Gasteiger charge is 2.16. The number of esters is 2. The van der Waals surface area contributed by atoms with Crippen molar-refractivity contribution in [3.63, 3.8) is 0 Å². The van der Waals surface area contributed by atoms with Crippen LogP contribution in [-0.4, -0.2) is 36.4 Å². The van der Waals surface area contributed by atoms with E-state index in [1.807, 2.05) is 0 Å². The largest absolute Gasteiger partial charge is 0.462 e. The van der Waals surface area contributed by atoms with Crippen molar-refractivity contribution in [3.05, 3.63) is 12.2 Å². The molecule has 0 radical (unpaired) electrons. The van der Waals surface area contributed by atoms with Gasteiger partial charge in [-0.3, -0.25) is 9.59 Å². The van der Waals surface area contributed by atoms with E-state index in [4.69, 9.17) is 9.47 Å². The summed E-state index contributed by atoms with van der Waals surface area (Å²) in [6, 6.07) is 0. The van der Waals surface area contributed by atoms with Gasteiger partial charge in [0.25, 0.3) is 0 Å². The van der Waals surface area contributed by atoms with Crippen LogP contribution in [0.2, 0.25) is 0 Å². The van der Waals surface area contributed by atoms with Crippen LogP contribution in [0.3, 0.4) is 0 Å². The Kier molecular flexibility index (Phi) is 29.1. The molecule has 5 nitrogen and oxygen atoms in total. The third-order valence-electron chi connectivity index (χ3n) is 7.06. The van der Waals surface area contributed by atoms with Crippen LogP contribution in [-0.2, 0) is 19.1 Å². The zero-order chi connectivity index (χ0) is 27.9. The lowest BCUT2D eigenvalue weighted by molar-refractivity contribution is -0.161. The van der Waals surface area contributed by atoms with Crippen molar-refractivity contribution >= 4 is 11.9 Å². The molecule has 0 amide bonds. The first-order valence-electron chi connectivity index (χ1n) is 16.2. The van der Waals surface area contributed by atoms with Gasteiger partial charge < -0.3 is 14.6 Å². The van der Waals surface area contributed by atoms with E-state index in [1.54, 1.807) is 0 Å². The van der Waals surface area contributed by atoms with Gasteiger partial charge in [-0.25, -0.2) is 0 Å². The Labute approximate surface area is 235 Å². The minimum atomic E-state index is -0.765. The molecule has 0 aliphatic rings. The van der Waals surface area contributed by atoms with Gasteiger partial charge >= 0.3 is 11.9 Å². The highest BCUT2D eigenvalue weighted by atomic mass is 16.6. The number of allylic oxidation sites excluding steroid dienone is 2. The Morgan fingerprint density at radius 2 is 0.974 bits per heavy atom. The van der Waals surface area contributed by atoms with Gasteiger partial charge in [0.15, 0.2) is 6.10 Å². The minimum Gasteiger partial charge on any atom is -0.462 e. The molecule has 0 bridgehead atoms. The number of aliphatic hydroxyl groups excluding tert-OH is 1. The van der Waals surface area contributed by atoms with Crippen LogP contribution in [0.5, 0.6) is 0 Å². The molecular weight excluding hydrogens is 476 g/mol. The second-order valence-electron chi connectivity index (χ2n) is 10.9. The third kappa shape index (κ3) is 27.7. The summed E-state index contributed by atoms with van der Waals surface area (Å²) in [4.78, 5) is 24.0. The maximum absolute atomic E-state index is 12.0. The Balaban J connectivity index is 3.59. The molecule has 0 rings (SSSR count). The van der Waals surface area contributed by atoms with Gasteiger partial charge in [-0.05, 0) is 38.5 Å². The maximum atomic E-state index is 12.0. The second-order valence-corrected chi connectivity index (χ2v) is 10.9. The number of carbonyl (C=O) groups is 2. The summed E-state index contributed by atoms with van der Waals surface area (Å²) in [5.74, 6) is -0.599. The standard InChI is InChI=1S/C33H62O5/c1-3-5-7-9-11-13-15-16-18-19-21-23-25-27-32(35)37-30-31(29-34)38-33(36)28-26-24-22-20-17-14-12-10-8-6-4-2/h13,15,31,34H,3-12,14,16-30H2,1-2H3/b15-13+/t31-/m0/s1. The first-order chi connectivity index (χ1) is 18.6. The number of hydrogen-bond donors (Lipinski definition) is 1. The lowest BCUT2D eigenvalue weighted by atomic mass is 10.1. The average Bonchev–Trinajstić information content (AvgIpc) is 2.92. The SMILES string of the molecule is CCCCCC/C=C/CCCCCCCC(=O)OC[C@H](CO)OC(=O)CCCCCCCCCCCCC. The fraction of sp³-hybridized carbons (Fsp3) is 0.879. The van der Waals surface area contributed by atoms with Crippen molar-refractivity contribution < 1.29 is 24.2 Å². The lowest BCUT2D eigenvalue weighted by Gasteiger charge is -2.15. The van der Waals surface area contributed by atoms with Gasteiger partial charge in [0.1, 0.15) is 6.61 Å². The molecule has 0 saturated carbocycles. The summed E-state index contributed by atoms with van der Waals surface area (Å²) >= 11 is 0. The molecule has 5 heteroatoms. The zero-order valence-electron chi connectivity index (χ0n) is 25.2. The molecule has 0 aliphatic carbocycles. The number of ether oxygens (including phenoxy) is 2. The van der Waals surface area contributed by atoms with Crippen molar-refractivity contribution in [2.75, 3.05) is 13.2 Å². The summed E-state index contributed by atoms with van der Waals surface area (Å²) in [7, 11) is 0. The van der Waals surface area contributed by atoms with E-state index >= 15 is 0 Å². The number of hydrogen-bond acceptors (Lipinski definition) is 5. The topological polar surface area (TPSA) is 72.8 Å². The number of aliphatic hydroxyl groups is 1. The zero-order valence-corrected chi connectivity index (χ0v) is 25.2. The highest BCUT2D eigenvalue weighted by Crippen LogP contribution is 2.13. The first kappa shape index (κ1) is 36.6. The second kappa shape index (κ2) is 30.2. The molecule has 0 heterocycles. The summed E-state index contributed by atoms with van der Waals surface area (Å²) in [5, 5.41) is 9.47. The third-order valence-corrected chi connectivity index (χ3v) is 7.06. The van der Waals surface area contributed by atoms with E-state index in [1.165, 1.54) is 96.3 Å². The monoisotopic (exact) mass is 538 g/mol. The van der Waals surface area contributed by atoms with Gasteiger partial charge in [-0.15, -0.1) is 0 Å². The van der Waals surface area contributed by atoms with Crippen LogP contribution in [0, 0.1) is 0 Å². The Hall–Kier alpha value is -1.36. The molecular formula is C33H62O5. The van der Waals surface area contributed by atoms with E-state index in [0.29, 0.717) is 12.8 Å². The molecule has 0 spiro atoms. The predicted octanol–water partition coefficient (Wildman–Crippen LogP) is 9.39. The van der Waals surface area contributed by atoms with E-state index in [2.05, 4.69) is 26.0 Å². The summed E-state index contributed by atoms with van der Waals surface area (Å²) in [6.45, 7) is 4.09. The van der Waals surface area contributed by atoms with Crippen molar-refractivity contribution in [2.24, 2.45) is 0 Å². The molecule has 0 aromatic carbocycles. The van der Waals surface area contributed by atoms with E-state index in [9.17, 15) is 14.7 Å². The van der Waals surface area contributed by atoms with Crippen molar-refractivity contribution in [1.82, 2.24) is 0 Å². The molecule has 1 atom stereocenters. The van der Waals surface area contributed by atoms with E-state index < -0.39 is 6.10 Å². The molecule has 0 fully saturated rings. The van der Waals surface area contributed by atoms with Crippen LogP contribution in [0.4, 0.5) is 0 Å². The summed E-state index contributed by atoms with van der Waals surface area (Å²) in [6.07, 6.45) is 31.1. The van der Waals surface area contributed by atoms with E-state index in [-0.39, 0.29) is 25.2 Å². The number of unbranched alkanes of at least 4 members (excludes halogenated alkanes) is 19. The molecule has 1 N–H and O–H groups in total. The van der Waals surface area contributed by atoms with E-state index in [0.717, 1.165) is 44.9 Å². The maximum Gasteiger partial charge on any atom is 0.306 e. The molecule has 224 valence electrons. The molecule has 38 heavy (non-hydrogen) atoms. The quantitative estimate of drug-likeness (QED) is 0.0583. The molecule has 0 unspecified atom stereocenters. The van der Waals surface area contributed by atoms with Crippen LogP contribution in [0.25, 0.3) is 0 Å². The Morgan fingerprint density at radius 3 is 1.45 bits per heavy atom. The predicted molar refractivity (Wildman–Crippen MR) is 159 cm³/mol. The van der Waals surface area contributed by atoms with Crippen LogP contribution >= 0.6 is 0 Å². The number of carbonyl (C=O) groups excluding carboxylic acids is 2. The first-order valence-corrected chi connectivity index (χ1v) is 16.2. The van der Waals surface area contributed by atoms with Crippen LogP contribution in [0.15, 0.2) is 12.2 Å². The Bertz CT molecular complexity index is 546. The smallest absolute Gasteiger partial charge is 0.306 e. The normalized spacial score (nSPS) is 12.2. The van der Waals surface area contributed by atoms with Gasteiger partial charge in [0.2, 0.25) is 0 Å². The lowest BCUT2D eigenvalue weighted by Crippen LogP contribution is -2.28. The van der Waals surface area contributed by atoms with Crippen molar-refractivity contribution in [1.29, 1.82) is 0 Å². The number of rotatable bonds is 29. The summed E-state index contributed by atoms with van der Waals surface area (Å²) < 4.78 is 10.5. The average molecular weight is 539 g/mol. The van der Waals surface area contributed by atoms with Gasteiger partial charge in [-0.2, -0.15) is 0 Å². The molecule has 0 aromatic rings.